The van der Waals surface area contributed by atoms with Gasteiger partial charge in [0.15, 0.2) is 0 Å². The highest BCUT2D eigenvalue weighted by atomic mass is 16.1. The van der Waals surface area contributed by atoms with E-state index in [4.69, 9.17) is 0 Å². The van der Waals surface area contributed by atoms with Gasteiger partial charge in [-0.3, -0.25) is 0 Å². The van der Waals surface area contributed by atoms with Crippen molar-refractivity contribution in [1.82, 2.24) is 0 Å². The molecule has 0 spiro atoms. The molecule has 2 unspecified atom stereocenters. The normalized spacial score (nSPS) is 52.9. The van der Waals surface area contributed by atoms with Crippen LogP contribution in [0.15, 0.2) is 0 Å². The monoisotopic (exact) mass is 260 g/mol. The molecule has 1 heteroatoms. The predicted octanol–water partition coefficient (Wildman–Crippen LogP) is 4.45. The number of carbonyl (C=O) groups excluding carboxylic acids is 1. The van der Waals surface area contributed by atoms with E-state index < -0.39 is 0 Å². The molecule has 1 nitrogen and oxygen atoms in total. The third kappa shape index (κ3) is 1.91. The van der Waals surface area contributed by atoms with Crippen molar-refractivity contribution in [2.24, 2.45) is 41.4 Å². The molecule has 0 N–H and O–H groups in total. The van der Waals surface area contributed by atoms with E-state index in [0.717, 1.165) is 35.5 Å². The molecule has 0 aromatic rings. The Labute approximate surface area is 117 Å². The minimum atomic E-state index is 0.425. The molecule has 4 saturated carbocycles. The van der Waals surface area contributed by atoms with Crippen molar-refractivity contribution >= 4 is 6.29 Å². The maximum Gasteiger partial charge on any atom is 0.123 e. The first-order valence-electron chi connectivity index (χ1n) is 8.84. The molecule has 0 aromatic heterocycles. The zero-order chi connectivity index (χ0) is 12.8. The lowest BCUT2D eigenvalue weighted by Gasteiger charge is -2.53. The third-order valence-corrected chi connectivity index (χ3v) is 7.38. The fourth-order valence-corrected chi connectivity index (χ4v) is 6.70. The van der Waals surface area contributed by atoms with Crippen molar-refractivity contribution in [3.8, 4) is 0 Å². The smallest absolute Gasteiger partial charge is 0.123 e. The van der Waals surface area contributed by atoms with E-state index in [1.165, 1.54) is 70.5 Å². The van der Waals surface area contributed by atoms with Crippen molar-refractivity contribution in [2.75, 3.05) is 0 Å². The molecule has 19 heavy (non-hydrogen) atoms. The molecule has 7 atom stereocenters. The molecular weight excluding hydrogens is 232 g/mol. The van der Waals surface area contributed by atoms with Crippen LogP contribution in [0.3, 0.4) is 0 Å². The van der Waals surface area contributed by atoms with Crippen LogP contribution >= 0.6 is 0 Å². The van der Waals surface area contributed by atoms with Crippen molar-refractivity contribution in [2.45, 2.75) is 64.2 Å². The average Bonchev–Trinajstić information content (AvgIpc) is 2.95. The Morgan fingerprint density at radius 2 is 1.37 bits per heavy atom. The van der Waals surface area contributed by atoms with Crippen LogP contribution in [0.5, 0.6) is 0 Å². The highest BCUT2D eigenvalue weighted by Gasteiger charge is 2.51. The summed E-state index contributed by atoms with van der Waals surface area (Å²) < 4.78 is 0. The summed E-state index contributed by atoms with van der Waals surface area (Å²) in [7, 11) is 0. The number of rotatable bonds is 1. The fraction of sp³-hybridized carbons (Fsp3) is 0.944. The topological polar surface area (TPSA) is 17.1 Å². The van der Waals surface area contributed by atoms with Gasteiger partial charge in [-0.05, 0) is 74.0 Å². The lowest BCUT2D eigenvalue weighted by atomic mass is 9.52. The van der Waals surface area contributed by atoms with Gasteiger partial charge in [0.2, 0.25) is 0 Å². The second-order valence-electron chi connectivity index (χ2n) is 7.91. The molecule has 4 aliphatic rings. The first-order valence-corrected chi connectivity index (χ1v) is 8.84. The molecule has 106 valence electrons. The average molecular weight is 260 g/mol. The highest BCUT2D eigenvalue weighted by molar-refractivity contribution is 5.54. The van der Waals surface area contributed by atoms with Gasteiger partial charge in [-0.2, -0.15) is 0 Å². The van der Waals surface area contributed by atoms with Crippen molar-refractivity contribution in [1.29, 1.82) is 0 Å². The van der Waals surface area contributed by atoms with Crippen LogP contribution in [-0.2, 0) is 4.79 Å². The van der Waals surface area contributed by atoms with E-state index in [0.29, 0.717) is 5.92 Å². The van der Waals surface area contributed by atoms with Crippen molar-refractivity contribution in [3.63, 3.8) is 0 Å². The van der Waals surface area contributed by atoms with E-state index in [2.05, 4.69) is 0 Å². The summed E-state index contributed by atoms with van der Waals surface area (Å²) in [5.74, 6) is 6.08. The quantitative estimate of drug-likeness (QED) is 0.636. The third-order valence-electron chi connectivity index (χ3n) is 7.38. The second-order valence-corrected chi connectivity index (χ2v) is 7.91. The standard InChI is InChI=1S/C18H28O/c19-11-13-10-18-14-5-2-1-4-12(14)8-9-17(18)16-7-3-6-15(13)16/h11-18H,1-10H2/t12?,13?,14-,15-,16+,17-,18+/m0/s1. The van der Waals surface area contributed by atoms with Gasteiger partial charge in [-0.15, -0.1) is 0 Å². The minimum Gasteiger partial charge on any atom is -0.303 e. The molecular formula is C18H28O. The van der Waals surface area contributed by atoms with Gasteiger partial charge < -0.3 is 4.79 Å². The van der Waals surface area contributed by atoms with Crippen LogP contribution < -0.4 is 0 Å². The van der Waals surface area contributed by atoms with Gasteiger partial charge in [0, 0.05) is 5.92 Å². The summed E-state index contributed by atoms with van der Waals surface area (Å²) in [5.41, 5.74) is 0. The van der Waals surface area contributed by atoms with Crippen LogP contribution in [0, 0.1) is 41.4 Å². The summed E-state index contributed by atoms with van der Waals surface area (Å²) in [6.45, 7) is 0. The Bertz CT molecular complexity index is 350. The number of carbonyl (C=O) groups is 1. The number of aldehydes is 1. The number of hydrogen-bond acceptors (Lipinski definition) is 1. The predicted molar refractivity (Wildman–Crippen MR) is 76.7 cm³/mol. The summed E-state index contributed by atoms with van der Waals surface area (Å²) in [6.07, 6.45) is 15.7. The van der Waals surface area contributed by atoms with Crippen LogP contribution in [0.4, 0.5) is 0 Å². The molecule has 0 heterocycles. The first-order chi connectivity index (χ1) is 9.38. The number of hydrogen-bond donors (Lipinski definition) is 0. The zero-order valence-corrected chi connectivity index (χ0v) is 12.1. The Morgan fingerprint density at radius 3 is 2.26 bits per heavy atom. The Morgan fingerprint density at radius 1 is 0.632 bits per heavy atom. The van der Waals surface area contributed by atoms with E-state index >= 15 is 0 Å². The van der Waals surface area contributed by atoms with Gasteiger partial charge in [0.25, 0.3) is 0 Å². The maximum absolute atomic E-state index is 11.5. The zero-order valence-electron chi connectivity index (χ0n) is 12.1. The van der Waals surface area contributed by atoms with E-state index in [1.54, 1.807) is 0 Å². The van der Waals surface area contributed by atoms with Gasteiger partial charge in [0.1, 0.15) is 6.29 Å². The van der Waals surface area contributed by atoms with Crippen molar-refractivity contribution < 1.29 is 4.79 Å². The summed E-state index contributed by atoms with van der Waals surface area (Å²) in [6, 6.07) is 0. The molecule has 0 amide bonds. The molecule has 0 saturated heterocycles. The molecule has 0 aliphatic heterocycles. The molecule has 0 aromatic carbocycles. The molecule has 0 bridgehead atoms. The van der Waals surface area contributed by atoms with Gasteiger partial charge >= 0.3 is 0 Å². The first kappa shape index (κ1) is 12.4. The molecule has 4 fully saturated rings. The Hall–Kier alpha value is -0.330. The van der Waals surface area contributed by atoms with E-state index in [9.17, 15) is 4.79 Å². The molecule has 4 rings (SSSR count). The van der Waals surface area contributed by atoms with Gasteiger partial charge in [-0.25, -0.2) is 0 Å². The van der Waals surface area contributed by atoms with E-state index in [1.807, 2.05) is 0 Å². The van der Waals surface area contributed by atoms with Crippen LogP contribution in [0.1, 0.15) is 64.2 Å². The largest absolute Gasteiger partial charge is 0.303 e. The van der Waals surface area contributed by atoms with Crippen LogP contribution in [-0.4, -0.2) is 6.29 Å². The van der Waals surface area contributed by atoms with Crippen molar-refractivity contribution in [3.05, 3.63) is 0 Å². The lowest BCUT2D eigenvalue weighted by Crippen LogP contribution is -2.46. The Kier molecular flexibility index (Phi) is 3.20. The minimum absolute atomic E-state index is 0.425. The van der Waals surface area contributed by atoms with Gasteiger partial charge in [0.05, 0.1) is 0 Å². The highest BCUT2D eigenvalue weighted by Crippen LogP contribution is 2.59. The maximum atomic E-state index is 11.5. The molecule has 4 aliphatic carbocycles. The fourth-order valence-electron chi connectivity index (χ4n) is 6.70. The summed E-state index contributed by atoms with van der Waals surface area (Å²) in [5, 5.41) is 0. The number of fused-ring (bicyclic) bond motifs is 5. The SMILES string of the molecule is O=CC1C[C@H]2[C@@H](CCC3CCCC[C@@H]32)[C@@H]2CCC[C@@H]12. The van der Waals surface area contributed by atoms with Crippen LogP contribution in [0.2, 0.25) is 0 Å². The summed E-state index contributed by atoms with van der Waals surface area (Å²) in [4.78, 5) is 11.5. The van der Waals surface area contributed by atoms with Crippen LogP contribution in [0.25, 0.3) is 0 Å². The van der Waals surface area contributed by atoms with E-state index in [-0.39, 0.29) is 0 Å². The molecule has 0 radical (unpaired) electrons. The van der Waals surface area contributed by atoms with Gasteiger partial charge in [-0.1, -0.05) is 25.7 Å². The summed E-state index contributed by atoms with van der Waals surface area (Å²) >= 11 is 0. The Balaban J connectivity index is 1.60. The lowest BCUT2D eigenvalue weighted by molar-refractivity contribution is -0.119. The second kappa shape index (κ2) is 4.90.